The number of carboxylic acid groups (broad SMARTS) is 1. The normalized spacial score (nSPS) is 25.1. The number of carboxylic acids is 1. The summed E-state index contributed by atoms with van der Waals surface area (Å²) in [6.45, 7) is 5.20. The molecule has 0 unspecified atom stereocenters. The maximum Gasteiger partial charge on any atom is 0.411 e. The van der Waals surface area contributed by atoms with Gasteiger partial charge in [-0.3, -0.25) is 9.69 Å². The number of aromatic nitrogens is 1. The fraction of sp³-hybridized carbons (Fsp3) is 0.455. The molecule has 1 aromatic heterocycles. The van der Waals surface area contributed by atoms with E-state index in [9.17, 15) is 19.5 Å². The lowest BCUT2D eigenvalue weighted by Gasteiger charge is -2.37. The molecule has 1 aliphatic carbocycles. The number of amides is 1. The predicted octanol–water partition coefficient (Wildman–Crippen LogP) is 4.42. The number of likely N-dealkylation sites (tertiary alicyclic amines) is 1. The van der Waals surface area contributed by atoms with Crippen LogP contribution in [0.25, 0.3) is 10.9 Å². The summed E-state index contributed by atoms with van der Waals surface area (Å²) in [6, 6.07) is 8.71. The molecule has 0 spiro atoms. The molecule has 0 radical (unpaired) electrons. The average molecular weight is 475 g/mol. The van der Waals surface area contributed by atoms with Gasteiger partial charge in [-0.05, 0) is 63.8 Å². The number of Topliss-reactive ketones (excluding diaryl/α,β-unsaturated/α-hetero) is 1. The standard InChI is InChI=1S/C22H23BrN2O5/c1-21(2,3)30-20(29)25-17-9-13(17)10-22(25,19(27)28)11-18(26)16-6-4-12-8-14(23)5-7-15(12)24-16/h4-8,13,17H,9-11H2,1-3H3,(H,27,28)/t13-,17-,22-/m1/s1. The Morgan fingerprint density at radius 1 is 1.27 bits per heavy atom. The van der Waals surface area contributed by atoms with Crippen molar-refractivity contribution in [3.8, 4) is 0 Å². The highest BCUT2D eigenvalue weighted by Gasteiger charge is 2.66. The van der Waals surface area contributed by atoms with Crippen molar-refractivity contribution in [2.24, 2.45) is 5.92 Å². The van der Waals surface area contributed by atoms with E-state index in [2.05, 4.69) is 20.9 Å². The van der Waals surface area contributed by atoms with Gasteiger partial charge in [0.05, 0.1) is 5.52 Å². The van der Waals surface area contributed by atoms with Gasteiger partial charge >= 0.3 is 12.1 Å². The van der Waals surface area contributed by atoms with Crippen LogP contribution in [0.2, 0.25) is 0 Å². The Morgan fingerprint density at radius 2 is 2.00 bits per heavy atom. The second kappa shape index (κ2) is 7.04. The first-order valence-corrected chi connectivity index (χ1v) is 10.6. The lowest BCUT2D eigenvalue weighted by molar-refractivity contribution is -0.150. The summed E-state index contributed by atoms with van der Waals surface area (Å²) in [5, 5.41) is 11.0. The van der Waals surface area contributed by atoms with Crippen LogP contribution < -0.4 is 0 Å². The van der Waals surface area contributed by atoms with E-state index in [4.69, 9.17) is 4.74 Å². The highest BCUT2D eigenvalue weighted by Crippen LogP contribution is 2.54. The predicted molar refractivity (Wildman–Crippen MR) is 113 cm³/mol. The number of carbonyl (C=O) groups excluding carboxylic acids is 2. The first-order valence-electron chi connectivity index (χ1n) is 9.85. The van der Waals surface area contributed by atoms with Gasteiger partial charge < -0.3 is 9.84 Å². The molecule has 1 aromatic carbocycles. The van der Waals surface area contributed by atoms with Gasteiger partial charge in [0.2, 0.25) is 0 Å². The molecule has 2 aliphatic rings. The summed E-state index contributed by atoms with van der Waals surface area (Å²) in [4.78, 5) is 44.0. The third-order valence-corrected chi connectivity index (χ3v) is 6.15. The topological polar surface area (TPSA) is 96.8 Å². The largest absolute Gasteiger partial charge is 0.479 e. The molecule has 2 heterocycles. The molecule has 1 saturated carbocycles. The monoisotopic (exact) mass is 474 g/mol. The Hall–Kier alpha value is -2.48. The number of aliphatic carboxylic acids is 1. The summed E-state index contributed by atoms with van der Waals surface area (Å²) in [6.07, 6.45) is -0.0211. The van der Waals surface area contributed by atoms with Gasteiger partial charge in [0, 0.05) is 22.3 Å². The quantitative estimate of drug-likeness (QED) is 0.658. The highest BCUT2D eigenvalue weighted by atomic mass is 79.9. The van der Waals surface area contributed by atoms with Crippen molar-refractivity contribution < 1.29 is 24.2 Å². The summed E-state index contributed by atoms with van der Waals surface area (Å²) < 4.78 is 6.37. The Bertz CT molecular complexity index is 1060. The van der Waals surface area contributed by atoms with Crippen LogP contribution in [0.1, 0.15) is 50.5 Å². The number of carbonyl (C=O) groups is 3. The van der Waals surface area contributed by atoms with E-state index in [1.54, 1.807) is 39.0 Å². The number of nitrogens with zero attached hydrogens (tertiary/aromatic N) is 2. The maximum atomic E-state index is 13.1. The van der Waals surface area contributed by atoms with Crippen LogP contribution in [0.3, 0.4) is 0 Å². The minimum absolute atomic E-state index is 0.0864. The van der Waals surface area contributed by atoms with Crippen molar-refractivity contribution in [1.82, 2.24) is 9.88 Å². The van der Waals surface area contributed by atoms with Crippen LogP contribution in [0.15, 0.2) is 34.8 Å². The summed E-state index contributed by atoms with van der Waals surface area (Å²) in [5.41, 5.74) is -1.53. The molecule has 7 nitrogen and oxygen atoms in total. The summed E-state index contributed by atoms with van der Waals surface area (Å²) in [5.74, 6) is -1.50. The van der Waals surface area contributed by atoms with E-state index in [1.165, 1.54) is 4.90 Å². The molecule has 8 heteroatoms. The van der Waals surface area contributed by atoms with Gasteiger partial charge in [-0.2, -0.15) is 0 Å². The maximum absolute atomic E-state index is 13.1. The number of rotatable bonds is 4. The number of benzene rings is 1. The van der Waals surface area contributed by atoms with E-state index < -0.39 is 29.0 Å². The number of halogens is 1. The molecule has 1 aliphatic heterocycles. The molecule has 1 amide bonds. The van der Waals surface area contributed by atoms with Crippen molar-refractivity contribution in [3.63, 3.8) is 0 Å². The zero-order valence-corrected chi connectivity index (χ0v) is 18.6. The number of hydrogen-bond donors (Lipinski definition) is 1. The average Bonchev–Trinajstić information content (AvgIpc) is 3.29. The third-order valence-electron chi connectivity index (χ3n) is 5.66. The van der Waals surface area contributed by atoms with E-state index in [0.29, 0.717) is 5.52 Å². The van der Waals surface area contributed by atoms with Gasteiger partial charge in [0.25, 0.3) is 0 Å². The van der Waals surface area contributed by atoms with Gasteiger partial charge in [0.15, 0.2) is 11.3 Å². The fourth-order valence-corrected chi connectivity index (χ4v) is 4.65. The number of ether oxygens (including phenoxy) is 1. The smallest absolute Gasteiger partial charge is 0.411 e. The molecule has 158 valence electrons. The van der Waals surface area contributed by atoms with Crippen molar-refractivity contribution in [3.05, 3.63) is 40.5 Å². The molecule has 0 bridgehead atoms. The number of piperidine rings is 1. The lowest BCUT2D eigenvalue weighted by atomic mass is 9.87. The molecular formula is C22H23BrN2O5. The third kappa shape index (κ3) is 3.69. The zero-order valence-electron chi connectivity index (χ0n) is 17.0. The van der Waals surface area contributed by atoms with Crippen molar-refractivity contribution in [2.75, 3.05) is 0 Å². The molecule has 1 saturated heterocycles. The van der Waals surface area contributed by atoms with Crippen LogP contribution in [0.5, 0.6) is 0 Å². The van der Waals surface area contributed by atoms with Crippen molar-refractivity contribution in [2.45, 2.75) is 57.2 Å². The van der Waals surface area contributed by atoms with E-state index in [1.807, 2.05) is 12.1 Å². The number of fused-ring (bicyclic) bond motifs is 2. The van der Waals surface area contributed by atoms with Gasteiger partial charge in [-0.1, -0.05) is 22.0 Å². The van der Waals surface area contributed by atoms with Gasteiger partial charge in [-0.15, -0.1) is 0 Å². The molecular weight excluding hydrogens is 452 g/mol. The second-order valence-corrected chi connectivity index (χ2v) is 10.0. The number of pyridine rings is 1. The zero-order chi connectivity index (χ0) is 21.8. The fourth-order valence-electron chi connectivity index (χ4n) is 4.27. The van der Waals surface area contributed by atoms with E-state index in [-0.39, 0.29) is 30.5 Å². The van der Waals surface area contributed by atoms with E-state index >= 15 is 0 Å². The molecule has 2 aromatic rings. The first kappa shape index (κ1) is 20.8. The summed E-state index contributed by atoms with van der Waals surface area (Å²) >= 11 is 3.40. The first-order chi connectivity index (χ1) is 14.0. The van der Waals surface area contributed by atoms with E-state index in [0.717, 1.165) is 16.3 Å². The Labute approximate surface area is 182 Å². The van der Waals surface area contributed by atoms with Crippen LogP contribution >= 0.6 is 15.9 Å². The Kier molecular flexibility index (Phi) is 4.88. The highest BCUT2D eigenvalue weighted by molar-refractivity contribution is 9.10. The van der Waals surface area contributed by atoms with Crippen LogP contribution in [0.4, 0.5) is 4.79 Å². The molecule has 3 atom stereocenters. The van der Waals surface area contributed by atoms with Crippen LogP contribution in [0, 0.1) is 5.92 Å². The second-order valence-electron chi connectivity index (χ2n) is 9.09. The minimum Gasteiger partial charge on any atom is -0.479 e. The van der Waals surface area contributed by atoms with Crippen LogP contribution in [-0.4, -0.2) is 50.0 Å². The van der Waals surface area contributed by atoms with Gasteiger partial charge in [0.1, 0.15) is 11.3 Å². The minimum atomic E-state index is -1.61. The lowest BCUT2D eigenvalue weighted by Crippen LogP contribution is -2.57. The SMILES string of the molecule is CC(C)(C)OC(=O)N1[C@@H]2C[C@@H]2C[C@@]1(CC(=O)c1ccc2cc(Br)ccc2n1)C(=O)O. The molecule has 1 N–H and O–H groups in total. The molecule has 4 rings (SSSR count). The van der Waals surface area contributed by atoms with Crippen molar-refractivity contribution in [1.29, 1.82) is 0 Å². The molecule has 30 heavy (non-hydrogen) atoms. The van der Waals surface area contributed by atoms with Gasteiger partial charge in [-0.25, -0.2) is 14.6 Å². The number of hydrogen-bond acceptors (Lipinski definition) is 5. The summed E-state index contributed by atoms with van der Waals surface area (Å²) in [7, 11) is 0. The van der Waals surface area contributed by atoms with Crippen LogP contribution in [-0.2, 0) is 9.53 Å². The van der Waals surface area contributed by atoms with Crippen molar-refractivity contribution >= 4 is 44.7 Å². The Balaban J connectivity index is 1.64. The number of ketones is 1. The Morgan fingerprint density at radius 3 is 2.67 bits per heavy atom. The molecule has 2 fully saturated rings.